The van der Waals surface area contributed by atoms with Gasteiger partial charge in [0.2, 0.25) is 0 Å². The van der Waals surface area contributed by atoms with Gasteiger partial charge >= 0.3 is 0 Å². The third-order valence-electron chi connectivity index (χ3n) is 2.19. The molecule has 2 N–H and O–H groups in total. The first-order chi connectivity index (χ1) is 7.20. The van der Waals surface area contributed by atoms with Gasteiger partial charge in [-0.2, -0.15) is 0 Å². The normalized spacial score (nSPS) is 15.9. The van der Waals surface area contributed by atoms with E-state index < -0.39 is 5.82 Å². The van der Waals surface area contributed by atoms with Gasteiger partial charge in [0.25, 0.3) is 0 Å². The molecule has 1 aliphatic rings. The van der Waals surface area contributed by atoms with E-state index in [0.717, 1.165) is 0 Å². The molecule has 0 unspecified atom stereocenters. The van der Waals surface area contributed by atoms with Crippen LogP contribution >= 0.6 is 0 Å². The minimum Gasteiger partial charge on any atom is -0.494 e. The van der Waals surface area contributed by atoms with Gasteiger partial charge in [0.05, 0.1) is 26.0 Å². The topological polar surface area (TPSA) is 53.7 Å². The van der Waals surface area contributed by atoms with Gasteiger partial charge in [-0.15, -0.1) is 0 Å². The monoisotopic (exact) mass is 213 g/mol. The van der Waals surface area contributed by atoms with Gasteiger partial charge in [0.1, 0.15) is 11.9 Å². The summed E-state index contributed by atoms with van der Waals surface area (Å²) in [6, 6.07) is 2.64. The first kappa shape index (κ1) is 10.0. The standard InChI is InChI=1S/C10H12FNO3/c1-13-9-3-10(8(12)2-7(9)11)15-6-4-14-5-6/h2-3,6H,4-5,12H2,1H3. The third-order valence-corrected chi connectivity index (χ3v) is 2.19. The average Bonchev–Trinajstić information content (AvgIpc) is 2.14. The van der Waals surface area contributed by atoms with Crippen LogP contribution in [-0.2, 0) is 4.74 Å². The Labute approximate surface area is 86.7 Å². The van der Waals surface area contributed by atoms with Crippen LogP contribution in [0.25, 0.3) is 0 Å². The molecule has 1 aliphatic heterocycles. The lowest BCUT2D eigenvalue weighted by molar-refractivity contribution is -0.0794. The molecule has 0 aromatic heterocycles. The highest BCUT2D eigenvalue weighted by Gasteiger charge is 2.21. The lowest BCUT2D eigenvalue weighted by atomic mass is 10.2. The van der Waals surface area contributed by atoms with Crippen LogP contribution in [0.1, 0.15) is 0 Å². The predicted molar refractivity (Wildman–Crippen MR) is 52.6 cm³/mol. The second kappa shape index (κ2) is 3.94. The zero-order valence-electron chi connectivity index (χ0n) is 8.33. The summed E-state index contributed by atoms with van der Waals surface area (Å²) in [6.07, 6.45) is 0.00228. The number of benzene rings is 1. The lowest BCUT2D eigenvalue weighted by Crippen LogP contribution is -2.38. The summed E-state index contributed by atoms with van der Waals surface area (Å²) in [5, 5.41) is 0. The van der Waals surface area contributed by atoms with Crippen LogP contribution in [0.4, 0.5) is 10.1 Å². The highest BCUT2D eigenvalue weighted by molar-refractivity contribution is 5.56. The van der Waals surface area contributed by atoms with Crippen molar-refractivity contribution < 1.29 is 18.6 Å². The molecule has 0 bridgehead atoms. The summed E-state index contributed by atoms with van der Waals surface area (Å²) < 4.78 is 28.4. The molecule has 0 amide bonds. The molecule has 0 aliphatic carbocycles. The molecule has 1 fully saturated rings. The molecule has 82 valence electrons. The summed E-state index contributed by atoms with van der Waals surface area (Å²) in [7, 11) is 1.39. The van der Waals surface area contributed by atoms with Crippen LogP contribution < -0.4 is 15.2 Å². The van der Waals surface area contributed by atoms with Gasteiger partial charge < -0.3 is 19.9 Å². The SMILES string of the molecule is COc1cc(OC2COC2)c(N)cc1F. The maximum atomic E-state index is 13.2. The summed E-state index contributed by atoms with van der Waals surface area (Å²) in [5.41, 5.74) is 5.87. The fourth-order valence-electron chi connectivity index (χ4n) is 1.27. The Morgan fingerprint density at radius 1 is 1.40 bits per heavy atom. The maximum absolute atomic E-state index is 13.2. The Kier molecular flexibility index (Phi) is 2.64. The van der Waals surface area contributed by atoms with E-state index in [1.165, 1.54) is 19.2 Å². The van der Waals surface area contributed by atoms with Crippen LogP contribution in [0.5, 0.6) is 11.5 Å². The molecule has 0 atom stereocenters. The summed E-state index contributed by atoms with van der Waals surface area (Å²) >= 11 is 0. The Morgan fingerprint density at radius 3 is 2.67 bits per heavy atom. The quantitative estimate of drug-likeness (QED) is 0.766. The van der Waals surface area contributed by atoms with E-state index >= 15 is 0 Å². The fraction of sp³-hybridized carbons (Fsp3) is 0.400. The van der Waals surface area contributed by atoms with E-state index in [2.05, 4.69) is 0 Å². The number of nitrogens with two attached hydrogens (primary N) is 1. The molecule has 1 saturated heterocycles. The Balaban J connectivity index is 2.21. The smallest absolute Gasteiger partial charge is 0.167 e. The van der Waals surface area contributed by atoms with Gasteiger partial charge in [-0.3, -0.25) is 0 Å². The molecule has 0 spiro atoms. The highest BCUT2D eigenvalue weighted by atomic mass is 19.1. The van der Waals surface area contributed by atoms with E-state index in [-0.39, 0.29) is 17.5 Å². The molecule has 0 radical (unpaired) electrons. The van der Waals surface area contributed by atoms with Crippen molar-refractivity contribution in [2.45, 2.75) is 6.10 Å². The van der Waals surface area contributed by atoms with E-state index in [9.17, 15) is 4.39 Å². The van der Waals surface area contributed by atoms with Crippen LogP contribution in [0.15, 0.2) is 12.1 Å². The molecule has 4 nitrogen and oxygen atoms in total. The Morgan fingerprint density at radius 2 is 2.13 bits per heavy atom. The second-order valence-electron chi connectivity index (χ2n) is 3.30. The maximum Gasteiger partial charge on any atom is 0.167 e. The van der Waals surface area contributed by atoms with Crippen molar-refractivity contribution in [3.8, 4) is 11.5 Å². The van der Waals surface area contributed by atoms with Crippen molar-refractivity contribution in [1.29, 1.82) is 0 Å². The van der Waals surface area contributed by atoms with Crippen molar-refractivity contribution in [3.05, 3.63) is 17.9 Å². The van der Waals surface area contributed by atoms with Gasteiger partial charge in [-0.05, 0) is 0 Å². The second-order valence-corrected chi connectivity index (χ2v) is 3.30. The van der Waals surface area contributed by atoms with Crippen LogP contribution in [0.3, 0.4) is 0 Å². The number of anilines is 1. The molecule has 1 heterocycles. The first-order valence-corrected chi connectivity index (χ1v) is 4.58. The molecule has 0 saturated carbocycles. The average molecular weight is 213 g/mol. The number of halogens is 1. The van der Waals surface area contributed by atoms with Crippen molar-refractivity contribution in [3.63, 3.8) is 0 Å². The van der Waals surface area contributed by atoms with E-state index in [1.54, 1.807) is 0 Å². The van der Waals surface area contributed by atoms with Gasteiger partial charge in [-0.1, -0.05) is 0 Å². The molecule has 1 aromatic carbocycles. The number of rotatable bonds is 3. The van der Waals surface area contributed by atoms with E-state index in [4.69, 9.17) is 19.9 Å². The Bertz CT molecular complexity index is 366. The molecule has 1 aromatic rings. The van der Waals surface area contributed by atoms with Crippen molar-refractivity contribution in [2.24, 2.45) is 0 Å². The van der Waals surface area contributed by atoms with Gasteiger partial charge in [-0.25, -0.2) is 4.39 Å². The number of hydrogen-bond acceptors (Lipinski definition) is 4. The van der Waals surface area contributed by atoms with Gasteiger partial charge in [0, 0.05) is 12.1 Å². The zero-order valence-corrected chi connectivity index (χ0v) is 8.33. The summed E-state index contributed by atoms with van der Waals surface area (Å²) in [4.78, 5) is 0. The summed E-state index contributed by atoms with van der Waals surface area (Å²) in [5.74, 6) is 0.0631. The Hall–Kier alpha value is -1.49. The highest BCUT2D eigenvalue weighted by Crippen LogP contribution is 2.31. The predicted octanol–water partition coefficient (Wildman–Crippen LogP) is 1.19. The van der Waals surface area contributed by atoms with Crippen LogP contribution in [0.2, 0.25) is 0 Å². The number of hydrogen-bond donors (Lipinski definition) is 1. The van der Waals surface area contributed by atoms with Gasteiger partial charge in [0.15, 0.2) is 11.6 Å². The largest absolute Gasteiger partial charge is 0.494 e. The van der Waals surface area contributed by atoms with E-state index in [1.807, 2.05) is 0 Å². The van der Waals surface area contributed by atoms with Crippen molar-refractivity contribution in [1.82, 2.24) is 0 Å². The number of methoxy groups -OCH3 is 1. The molecule has 2 rings (SSSR count). The molecule has 5 heteroatoms. The number of ether oxygens (including phenoxy) is 3. The fourth-order valence-corrected chi connectivity index (χ4v) is 1.27. The minimum absolute atomic E-state index is 0.00228. The molecular formula is C10H12FNO3. The summed E-state index contributed by atoms with van der Waals surface area (Å²) in [6.45, 7) is 1.08. The van der Waals surface area contributed by atoms with Crippen LogP contribution in [-0.4, -0.2) is 26.4 Å². The number of nitrogen functional groups attached to an aromatic ring is 1. The zero-order chi connectivity index (χ0) is 10.8. The molecular weight excluding hydrogens is 201 g/mol. The first-order valence-electron chi connectivity index (χ1n) is 4.58. The van der Waals surface area contributed by atoms with Crippen LogP contribution in [0, 0.1) is 5.82 Å². The third kappa shape index (κ3) is 1.97. The molecule has 15 heavy (non-hydrogen) atoms. The van der Waals surface area contributed by atoms with Crippen molar-refractivity contribution in [2.75, 3.05) is 26.1 Å². The lowest BCUT2D eigenvalue weighted by Gasteiger charge is -2.27. The van der Waals surface area contributed by atoms with Crippen molar-refractivity contribution >= 4 is 5.69 Å². The van der Waals surface area contributed by atoms with E-state index in [0.29, 0.717) is 19.0 Å². The minimum atomic E-state index is -0.493.